The Kier molecular flexibility index (Phi) is 8.31. The van der Waals surface area contributed by atoms with Gasteiger partial charge in [-0.25, -0.2) is 26.6 Å². The first kappa shape index (κ1) is 34.1. The molecule has 2 saturated carbocycles. The predicted molar refractivity (Wildman–Crippen MR) is 192 cm³/mol. The highest BCUT2D eigenvalue weighted by atomic mass is 32.2. The molecule has 3 heterocycles. The molecule has 0 amide bonds. The van der Waals surface area contributed by atoms with E-state index >= 15 is 0 Å². The minimum absolute atomic E-state index is 0.0627. The van der Waals surface area contributed by atoms with Crippen LogP contribution in [-0.4, -0.2) is 65.8 Å². The number of carboxylic acids is 1. The summed E-state index contributed by atoms with van der Waals surface area (Å²) >= 11 is 0. The Balaban J connectivity index is 0.000000159. The van der Waals surface area contributed by atoms with E-state index in [2.05, 4.69) is 31.4 Å². The zero-order chi connectivity index (χ0) is 36.4. The molecule has 0 unspecified atom stereocenters. The Morgan fingerprint density at radius 3 is 1.71 bits per heavy atom. The van der Waals surface area contributed by atoms with Gasteiger partial charge in [-0.05, 0) is 86.1 Å². The summed E-state index contributed by atoms with van der Waals surface area (Å²) in [6.45, 7) is 3.48. The summed E-state index contributed by atoms with van der Waals surface area (Å²) < 4.78 is 47.5. The van der Waals surface area contributed by atoms with Gasteiger partial charge in [0.25, 0.3) is 0 Å². The van der Waals surface area contributed by atoms with Crippen molar-refractivity contribution in [2.45, 2.75) is 61.2 Å². The first-order valence-electron chi connectivity index (χ1n) is 16.3. The minimum atomic E-state index is -3.35. The van der Waals surface area contributed by atoms with Crippen molar-refractivity contribution in [1.82, 2.24) is 25.4 Å². The average Bonchev–Trinajstić information content (AvgIpc) is 4.01. The number of aromatic nitrogens is 5. The van der Waals surface area contributed by atoms with Crippen LogP contribution in [0.4, 0.5) is 0 Å². The van der Waals surface area contributed by atoms with Crippen LogP contribution in [-0.2, 0) is 19.7 Å². The van der Waals surface area contributed by atoms with Crippen LogP contribution in [0.3, 0.4) is 0 Å². The molecule has 6 aromatic rings. The number of rotatable bonds is 7. The lowest BCUT2D eigenvalue weighted by Crippen LogP contribution is -2.05. The van der Waals surface area contributed by atoms with Crippen LogP contribution >= 0.6 is 0 Å². The van der Waals surface area contributed by atoms with Gasteiger partial charge in [0, 0.05) is 57.6 Å². The molecule has 8 rings (SSSR count). The number of benzene rings is 3. The molecule has 14 heteroatoms. The van der Waals surface area contributed by atoms with E-state index in [1.807, 2.05) is 12.1 Å². The zero-order valence-corrected chi connectivity index (χ0v) is 29.9. The van der Waals surface area contributed by atoms with E-state index in [1.165, 1.54) is 18.5 Å². The van der Waals surface area contributed by atoms with Crippen molar-refractivity contribution in [3.8, 4) is 28.3 Å². The molecule has 2 aliphatic rings. The van der Waals surface area contributed by atoms with E-state index in [1.54, 1.807) is 44.2 Å². The summed E-state index contributed by atoms with van der Waals surface area (Å²) in [5.74, 6) is -0.317. The fourth-order valence-corrected chi connectivity index (χ4v) is 8.70. The number of carboxylic acid groups (broad SMARTS) is 1. The van der Waals surface area contributed by atoms with Gasteiger partial charge in [0.1, 0.15) is 5.52 Å². The number of aromatic carboxylic acids is 1. The highest BCUT2D eigenvalue weighted by Crippen LogP contribution is 2.46. The number of pyridine rings is 1. The minimum Gasteiger partial charge on any atom is -0.476 e. The molecule has 0 aliphatic heterocycles. The van der Waals surface area contributed by atoms with Gasteiger partial charge < -0.3 is 5.11 Å². The number of carbonyl (C=O) groups is 1. The number of nitrogens with zero attached hydrogens (tertiary/aromatic N) is 4. The summed E-state index contributed by atoms with van der Waals surface area (Å²) in [5, 5.41) is 35.8. The molecule has 0 radical (unpaired) electrons. The normalized spacial score (nSPS) is 14.6. The quantitative estimate of drug-likeness (QED) is 0.161. The van der Waals surface area contributed by atoms with E-state index in [0.717, 1.165) is 70.7 Å². The molecule has 0 atom stereocenters. The number of nitrogens with one attached hydrogen (secondary N) is 2. The number of hydrogen-bond acceptors (Lipinski definition) is 9. The highest BCUT2D eigenvalue weighted by Gasteiger charge is 2.31. The molecule has 3 aromatic heterocycles. The maximum absolute atomic E-state index is 11.9. The van der Waals surface area contributed by atoms with Crippen LogP contribution in [0.15, 0.2) is 64.5 Å². The number of H-pyrrole nitrogens is 2. The maximum Gasteiger partial charge on any atom is 0.355 e. The smallest absolute Gasteiger partial charge is 0.355 e. The van der Waals surface area contributed by atoms with Gasteiger partial charge in [-0.1, -0.05) is 24.3 Å². The molecule has 3 N–H and O–H groups in total. The molecule has 0 saturated heterocycles. The zero-order valence-electron chi connectivity index (χ0n) is 28.3. The van der Waals surface area contributed by atoms with Crippen LogP contribution in [0, 0.1) is 25.2 Å². The van der Waals surface area contributed by atoms with Gasteiger partial charge in [0.05, 0.1) is 33.1 Å². The van der Waals surface area contributed by atoms with Crippen LogP contribution in [0.25, 0.3) is 44.1 Å². The fraction of sp³-hybridized carbons (Fsp3) is 0.270. The van der Waals surface area contributed by atoms with Gasteiger partial charge in [0.15, 0.2) is 25.4 Å². The summed E-state index contributed by atoms with van der Waals surface area (Å²) in [4.78, 5) is 16.4. The van der Waals surface area contributed by atoms with Gasteiger partial charge >= 0.3 is 5.97 Å². The fourth-order valence-electron chi connectivity index (χ4n) is 6.78. The monoisotopic (exact) mass is 722 g/mol. The molecule has 2 aliphatic carbocycles. The Bertz CT molecular complexity index is 2680. The molecule has 2 fully saturated rings. The van der Waals surface area contributed by atoms with Crippen molar-refractivity contribution in [3.05, 3.63) is 88.5 Å². The topological polar surface area (TPSA) is 200 Å². The summed E-state index contributed by atoms with van der Waals surface area (Å²) in [6.07, 6.45) is 8.14. The third kappa shape index (κ3) is 6.39. The number of nitriles is 1. The summed E-state index contributed by atoms with van der Waals surface area (Å²) in [5.41, 5.74) is 7.97. The lowest BCUT2D eigenvalue weighted by molar-refractivity contribution is 0.0691. The van der Waals surface area contributed by atoms with Crippen LogP contribution in [0.1, 0.15) is 76.1 Å². The van der Waals surface area contributed by atoms with Crippen molar-refractivity contribution in [1.29, 1.82) is 5.26 Å². The van der Waals surface area contributed by atoms with Crippen LogP contribution < -0.4 is 0 Å². The van der Waals surface area contributed by atoms with E-state index in [0.29, 0.717) is 50.1 Å². The third-order valence-corrected chi connectivity index (χ3v) is 11.9. The molecule has 51 heavy (non-hydrogen) atoms. The molecule has 0 spiro atoms. The lowest BCUT2D eigenvalue weighted by atomic mass is 9.93. The van der Waals surface area contributed by atoms with E-state index in [4.69, 9.17) is 0 Å². The second-order valence-electron chi connectivity index (χ2n) is 13.4. The van der Waals surface area contributed by atoms with Gasteiger partial charge in [-0.15, -0.1) is 0 Å². The van der Waals surface area contributed by atoms with Crippen molar-refractivity contribution >= 4 is 47.4 Å². The van der Waals surface area contributed by atoms with Gasteiger partial charge in [-0.3, -0.25) is 10.2 Å². The first-order chi connectivity index (χ1) is 24.2. The maximum atomic E-state index is 11.9. The lowest BCUT2D eigenvalue weighted by Gasteiger charge is -2.11. The Hall–Kier alpha value is -5.39. The first-order valence-corrected chi connectivity index (χ1v) is 20.1. The number of hydrogen-bond donors (Lipinski definition) is 3. The number of sulfone groups is 2. The number of fused-ring (bicyclic) bond motifs is 2. The van der Waals surface area contributed by atoms with E-state index in [9.17, 15) is 32.0 Å². The molecular weight excluding hydrogens is 689 g/mol. The SMILES string of the molecule is Cc1cc(-c2c(C#N)ccc3n[nH]c(C4CC4)c23)ccc1S(C)(=O)=O.Cc1cc(-c2c(C(=O)O)ncc3n[nH]c(C4CC4)c23)ccc1S(C)(=O)=O. The van der Waals surface area contributed by atoms with Crippen molar-refractivity contribution < 1.29 is 26.7 Å². The molecule has 12 nitrogen and oxygen atoms in total. The largest absolute Gasteiger partial charge is 0.476 e. The summed E-state index contributed by atoms with van der Waals surface area (Å²) in [7, 11) is -6.63. The average molecular weight is 723 g/mol. The Morgan fingerprint density at radius 2 is 1.25 bits per heavy atom. The van der Waals surface area contributed by atoms with Crippen LogP contribution in [0.5, 0.6) is 0 Å². The van der Waals surface area contributed by atoms with E-state index in [-0.39, 0.29) is 10.6 Å². The predicted octanol–water partition coefficient (Wildman–Crippen LogP) is 6.60. The van der Waals surface area contributed by atoms with Crippen molar-refractivity contribution in [3.63, 3.8) is 0 Å². The molecule has 3 aromatic carbocycles. The Morgan fingerprint density at radius 1 is 0.765 bits per heavy atom. The second kappa shape index (κ2) is 12.4. The van der Waals surface area contributed by atoms with Crippen molar-refractivity contribution in [2.24, 2.45) is 0 Å². The third-order valence-electron chi connectivity index (χ3n) is 9.39. The number of aromatic amines is 2. The van der Waals surface area contributed by atoms with E-state index < -0.39 is 25.6 Å². The second-order valence-corrected chi connectivity index (χ2v) is 17.3. The molecule has 0 bridgehead atoms. The highest BCUT2D eigenvalue weighted by molar-refractivity contribution is 7.91. The van der Waals surface area contributed by atoms with Gasteiger partial charge in [-0.2, -0.15) is 15.5 Å². The molecular formula is C37H34N6O6S2. The van der Waals surface area contributed by atoms with Crippen molar-refractivity contribution in [2.75, 3.05) is 12.5 Å². The van der Waals surface area contributed by atoms with Crippen LogP contribution in [0.2, 0.25) is 0 Å². The van der Waals surface area contributed by atoms with Gasteiger partial charge in [0.2, 0.25) is 0 Å². The molecule has 260 valence electrons. The Labute approximate surface area is 294 Å². The number of aryl methyl sites for hydroxylation is 2. The standard InChI is InChI=1S/C19H17N3O2S.C18H17N3O4S/c1-11-9-13(6-8-16(11)25(2,23)24)17-14(10-20)5-7-15-18(17)19(22-21-15)12-3-4-12;1-9-7-11(5-6-13(9)26(2,24)25)14-15-12(8-19-17(14)18(22)23)20-21-16(15)10-3-4-10/h5-9,12H,3-4H2,1-2H3,(H,21,22);5-8,10H,3-4H2,1-2H3,(H,20,21)(H,22,23). The summed E-state index contributed by atoms with van der Waals surface area (Å²) in [6, 6.07) is 16.0.